The van der Waals surface area contributed by atoms with E-state index in [1.807, 2.05) is 44.2 Å². The minimum Gasteiger partial charge on any atom is -0.322 e. The Morgan fingerprint density at radius 3 is 2.77 bits per heavy atom. The van der Waals surface area contributed by atoms with Gasteiger partial charge >= 0.3 is 0 Å². The van der Waals surface area contributed by atoms with E-state index in [1.54, 1.807) is 6.07 Å². The molecule has 0 saturated carbocycles. The molecule has 0 aliphatic rings. The van der Waals surface area contributed by atoms with Crippen molar-refractivity contribution in [1.29, 1.82) is 0 Å². The summed E-state index contributed by atoms with van der Waals surface area (Å²) in [6.45, 7) is 3.93. The molecule has 1 aromatic heterocycles. The van der Waals surface area contributed by atoms with Gasteiger partial charge in [-0.25, -0.2) is 10.8 Å². The lowest BCUT2D eigenvalue weighted by molar-refractivity contribution is 0.102. The summed E-state index contributed by atoms with van der Waals surface area (Å²) in [6, 6.07) is 11.3. The second-order valence-corrected chi connectivity index (χ2v) is 6.16. The number of hydrogen-bond acceptors (Lipinski definition) is 5. The number of fused-ring (bicyclic) bond motifs is 1. The molecule has 0 radical (unpaired) electrons. The van der Waals surface area contributed by atoms with Crippen LogP contribution < -0.4 is 16.6 Å². The van der Waals surface area contributed by atoms with Crippen LogP contribution in [0.2, 0.25) is 0 Å². The first-order valence-electron chi connectivity index (χ1n) is 6.82. The lowest BCUT2D eigenvalue weighted by atomic mass is 10.1. The summed E-state index contributed by atoms with van der Waals surface area (Å²) in [4.78, 5) is 16.7. The Hall–Kier alpha value is -2.44. The van der Waals surface area contributed by atoms with Gasteiger partial charge in [-0.2, -0.15) is 0 Å². The van der Waals surface area contributed by atoms with Crippen LogP contribution >= 0.6 is 11.3 Å². The molecule has 3 aromatic rings. The summed E-state index contributed by atoms with van der Waals surface area (Å²) < 4.78 is 0.979. The van der Waals surface area contributed by atoms with Crippen molar-refractivity contribution in [2.24, 2.45) is 5.84 Å². The Kier molecular flexibility index (Phi) is 3.79. The molecule has 1 amide bonds. The molecule has 1 heterocycles. The molecule has 0 fully saturated rings. The van der Waals surface area contributed by atoms with Crippen molar-refractivity contribution >= 4 is 38.3 Å². The molecular formula is C16H16N4OS. The largest absolute Gasteiger partial charge is 0.322 e. The zero-order valence-electron chi connectivity index (χ0n) is 12.3. The van der Waals surface area contributed by atoms with Crippen molar-refractivity contribution in [2.75, 3.05) is 10.7 Å². The van der Waals surface area contributed by atoms with Crippen molar-refractivity contribution in [2.45, 2.75) is 13.8 Å². The first-order valence-corrected chi connectivity index (χ1v) is 7.64. The number of nitrogen functional groups attached to an aromatic ring is 1. The molecule has 6 heteroatoms. The summed E-state index contributed by atoms with van der Waals surface area (Å²) in [5.41, 5.74) is 6.90. The molecule has 0 atom stereocenters. The summed E-state index contributed by atoms with van der Waals surface area (Å²) in [5, 5.41) is 3.59. The van der Waals surface area contributed by atoms with Gasteiger partial charge in [-0.1, -0.05) is 29.0 Å². The number of carbonyl (C=O) groups excluding carboxylic acids is 1. The van der Waals surface area contributed by atoms with Gasteiger partial charge in [-0.05, 0) is 43.7 Å². The van der Waals surface area contributed by atoms with E-state index in [1.165, 1.54) is 11.3 Å². The molecule has 22 heavy (non-hydrogen) atoms. The van der Waals surface area contributed by atoms with Gasteiger partial charge in [0.05, 0.1) is 10.2 Å². The van der Waals surface area contributed by atoms with E-state index in [-0.39, 0.29) is 5.91 Å². The molecule has 0 bridgehead atoms. The number of aromatic nitrogens is 1. The number of rotatable bonds is 3. The highest BCUT2D eigenvalue weighted by Gasteiger charge is 2.10. The maximum Gasteiger partial charge on any atom is 0.255 e. The topological polar surface area (TPSA) is 80.0 Å². The molecule has 5 nitrogen and oxygen atoms in total. The number of carbonyl (C=O) groups is 1. The molecule has 3 rings (SSSR count). The molecule has 0 aliphatic heterocycles. The number of aryl methyl sites for hydroxylation is 2. The predicted octanol–water partition coefficient (Wildman–Crippen LogP) is 3.45. The third-order valence-electron chi connectivity index (χ3n) is 3.35. The fourth-order valence-electron chi connectivity index (χ4n) is 2.32. The van der Waals surface area contributed by atoms with Gasteiger partial charge < -0.3 is 5.32 Å². The molecule has 112 valence electrons. The van der Waals surface area contributed by atoms with Crippen LogP contribution in [0.1, 0.15) is 21.5 Å². The standard InChI is InChI=1S/C16H16N4OS/c1-9-4-3-5-11(6-9)15(21)18-12-7-10(2)14-13(8-12)22-16(19-14)20-17/h3-8H,17H2,1-2H3,(H,18,21)(H,19,20). The van der Waals surface area contributed by atoms with E-state index in [0.717, 1.165) is 27.0 Å². The number of amides is 1. The zero-order chi connectivity index (χ0) is 15.7. The minimum atomic E-state index is -0.121. The molecule has 0 saturated heterocycles. The molecular weight excluding hydrogens is 296 g/mol. The molecule has 0 unspecified atom stereocenters. The Morgan fingerprint density at radius 2 is 2.05 bits per heavy atom. The highest BCUT2D eigenvalue weighted by Crippen LogP contribution is 2.30. The molecule has 0 aliphatic carbocycles. The fourth-order valence-corrected chi connectivity index (χ4v) is 3.21. The van der Waals surface area contributed by atoms with Crippen LogP contribution in [0, 0.1) is 13.8 Å². The second kappa shape index (κ2) is 5.75. The van der Waals surface area contributed by atoms with E-state index >= 15 is 0 Å². The van der Waals surface area contributed by atoms with Crippen molar-refractivity contribution in [1.82, 2.24) is 4.98 Å². The Morgan fingerprint density at radius 1 is 1.23 bits per heavy atom. The average Bonchev–Trinajstić information content (AvgIpc) is 2.91. The molecule has 4 N–H and O–H groups in total. The quantitative estimate of drug-likeness (QED) is 0.511. The van der Waals surface area contributed by atoms with Gasteiger partial charge in [0.2, 0.25) is 0 Å². The monoisotopic (exact) mass is 312 g/mol. The van der Waals surface area contributed by atoms with E-state index in [0.29, 0.717) is 10.7 Å². The Balaban J connectivity index is 1.92. The number of nitrogens with one attached hydrogen (secondary N) is 2. The number of nitrogens with two attached hydrogens (primary N) is 1. The summed E-state index contributed by atoms with van der Waals surface area (Å²) >= 11 is 1.45. The maximum atomic E-state index is 12.3. The van der Waals surface area contributed by atoms with Gasteiger partial charge in [0, 0.05) is 11.3 Å². The predicted molar refractivity (Wildman–Crippen MR) is 91.3 cm³/mol. The van der Waals surface area contributed by atoms with Crippen LogP contribution in [-0.2, 0) is 0 Å². The lowest BCUT2D eigenvalue weighted by Crippen LogP contribution is -2.12. The fraction of sp³-hybridized carbons (Fsp3) is 0.125. The van der Waals surface area contributed by atoms with Crippen LogP contribution in [-0.4, -0.2) is 10.9 Å². The average molecular weight is 312 g/mol. The number of benzene rings is 2. The summed E-state index contributed by atoms with van der Waals surface area (Å²) in [7, 11) is 0. The van der Waals surface area contributed by atoms with E-state index in [4.69, 9.17) is 5.84 Å². The van der Waals surface area contributed by atoms with Crippen LogP contribution in [0.25, 0.3) is 10.2 Å². The number of hydrazine groups is 1. The van der Waals surface area contributed by atoms with E-state index < -0.39 is 0 Å². The van der Waals surface area contributed by atoms with Crippen molar-refractivity contribution < 1.29 is 4.79 Å². The summed E-state index contributed by atoms with van der Waals surface area (Å²) in [6.07, 6.45) is 0. The number of anilines is 2. The first kappa shape index (κ1) is 14.5. The number of thiazole rings is 1. The maximum absolute atomic E-state index is 12.3. The molecule has 2 aromatic carbocycles. The zero-order valence-corrected chi connectivity index (χ0v) is 13.1. The summed E-state index contributed by atoms with van der Waals surface area (Å²) in [5.74, 6) is 5.28. The van der Waals surface area contributed by atoms with E-state index in [2.05, 4.69) is 15.7 Å². The number of hydrogen-bond donors (Lipinski definition) is 3. The van der Waals surface area contributed by atoms with Crippen LogP contribution in [0.4, 0.5) is 10.8 Å². The minimum absolute atomic E-state index is 0.121. The van der Waals surface area contributed by atoms with E-state index in [9.17, 15) is 4.79 Å². The lowest BCUT2D eigenvalue weighted by Gasteiger charge is -2.07. The van der Waals surface area contributed by atoms with Crippen LogP contribution in [0.3, 0.4) is 0 Å². The smallest absolute Gasteiger partial charge is 0.255 e. The Bertz CT molecular complexity index is 856. The van der Waals surface area contributed by atoms with Gasteiger partial charge in [0.15, 0.2) is 5.13 Å². The van der Waals surface area contributed by atoms with Gasteiger partial charge in [0.1, 0.15) is 0 Å². The first-order chi connectivity index (χ1) is 10.6. The molecule has 0 spiro atoms. The third-order valence-corrected chi connectivity index (χ3v) is 4.28. The highest BCUT2D eigenvalue weighted by atomic mass is 32.1. The van der Waals surface area contributed by atoms with Gasteiger partial charge in [-0.3, -0.25) is 10.2 Å². The van der Waals surface area contributed by atoms with Crippen molar-refractivity contribution in [3.63, 3.8) is 0 Å². The Labute approximate surface area is 132 Å². The van der Waals surface area contributed by atoms with Gasteiger partial charge in [0.25, 0.3) is 5.91 Å². The normalized spacial score (nSPS) is 10.7. The van der Waals surface area contributed by atoms with Crippen molar-refractivity contribution in [3.8, 4) is 0 Å². The van der Waals surface area contributed by atoms with Crippen LogP contribution in [0.5, 0.6) is 0 Å². The SMILES string of the molecule is Cc1cccc(C(=O)Nc2cc(C)c3nc(NN)sc3c2)c1. The third kappa shape index (κ3) is 2.79. The van der Waals surface area contributed by atoms with Crippen LogP contribution in [0.15, 0.2) is 36.4 Å². The highest BCUT2D eigenvalue weighted by molar-refractivity contribution is 7.22. The second-order valence-electron chi connectivity index (χ2n) is 5.13. The van der Waals surface area contributed by atoms with Gasteiger partial charge in [-0.15, -0.1) is 0 Å². The number of nitrogens with zero attached hydrogens (tertiary/aromatic N) is 1. The van der Waals surface area contributed by atoms with Crippen molar-refractivity contribution in [3.05, 3.63) is 53.1 Å².